The van der Waals surface area contributed by atoms with Gasteiger partial charge in [-0.25, -0.2) is 4.68 Å². The average Bonchev–Trinajstić information content (AvgIpc) is 3.36. The second-order valence-corrected chi connectivity index (χ2v) is 7.26. The largest absolute Gasteiger partial charge is 0.496 e. The molecule has 4 rings (SSSR count). The number of ether oxygens (including phenoxy) is 1. The van der Waals surface area contributed by atoms with E-state index < -0.39 is 0 Å². The Morgan fingerprint density at radius 2 is 1.75 bits per heavy atom. The second-order valence-electron chi connectivity index (χ2n) is 5.95. The smallest absolute Gasteiger partial charge is 0.247 e. The molecule has 0 saturated carbocycles. The van der Waals surface area contributed by atoms with E-state index >= 15 is 0 Å². The standard InChI is InChI=1S/C19H18N6O2S/c1-12(17-22-23-18(27-17)13-8-4-3-5-9-13)28-19-24-21-16(25(19)20)14-10-6-7-11-15(14)26-2/h3-12H,20H2,1-2H3. The number of hydrogen-bond donors (Lipinski definition) is 1. The highest BCUT2D eigenvalue weighted by atomic mass is 32.2. The molecule has 0 spiro atoms. The molecule has 2 aromatic carbocycles. The van der Waals surface area contributed by atoms with Crippen LogP contribution in [0.4, 0.5) is 0 Å². The average molecular weight is 394 g/mol. The summed E-state index contributed by atoms with van der Waals surface area (Å²) in [7, 11) is 1.60. The first-order valence-electron chi connectivity index (χ1n) is 8.56. The van der Waals surface area contributed by atoms with Gasteiger partial charge in [-0.15, -0.1) is 20.4 Å². The maximum absolute atomic E-state index is 6.23. The van der Waals surface area contributed by atoms with Gasteiger partial charge in [0.05, 0.1) is 17.9 Å². The molecule has 0 aliphatic rings. The number of rotatable bonds is 6. The number of nitrogens with zero attached hydrogens (tertiary/aromatic N) is 5. The molecule has 1 atom stereocenters. The van der Waals surface area contributed by atoms with Gasteiger partial charge in [-0.2, -0.15) is 0 Å². The van der Waals surface area contributed by atoms with Crippen LogP contribution in [0.3, 0.4) is 0 Å². The van der Waals surface area contributed by atoms with Crippen LogP contribution in [0, 0.1) is 0 Å². The molecule has 0 bridgehead atoms. The molecule has 1 unspecified atom stereocenters. The monoisotopic (exact) mass is 394 g/mol. The van der Waals surface area contributed by atoms with E-state index in [4.69, 9.17) is 15.0 Å². The van der Waals surface area contributed by atoms with Crippen molar-refractivity contribution in [3.8, 4) is 28.6 Å². The molecule has 0 aliphatic carbocycles. The molecular weight excluding hydrogens is 376 g/mol. The Morgan fingerprint density at radius 1 is 1.00 bits per heavy atom. The summed E-state index contributed by atoms with van der Waals surface area (Å²) in [5.41, 5.74) is 1.64. The van der Waals surface area contributed by atoms with Crippen LogP contribution >= 0.6 is 11.8 Å². The summed E-state index contributed by atoms with van der Waals surface area (Å²) < 4.78 is 12.6. The lowest BCUT2D eigenvalue weighted by atomic mass is 10.2. The number of benzene rings is 2. The Hall–Kier alpha value is -3.33. The molecule has 0 aliphatic heterocycles. The molecule has 8 nitrogen and oxygen atoms in total. The maximum Gasteiger partial charge on any atom is 0.247 e. The SMILES string of the molecule is COc1ccccc1-c1nnc(SC(C)c2nnc(-c3ccccc3)o2)n1N. The lowest BCUT2D eigenvalue weighted by molar-refractivity contribution is 0.416. The summed E-state index contributed by atoms with van der Waals surface area (Å²) in [6.45, 7) is 1.95. The minimum atomic E-state index is -0.151. The van der Waals surface area contributed by atoms with Crippen LogP contribution in [0.25, 0.3) is 22.8 Å². The third-order valence-corrected chi connectivity index (χ3v) is 5.15. The number of hydrogen-bond acceptors (Lipinski definition) is 8. The fourth-order valence-electron chi connectivity index (χ4n) is 2.68. The molecule has 142 valence electrons. The summed E-state index contributed by atoms with van der Waals surface area (Å²) in [5, 5.41) is 17.1. The minimum Gasteiger partial charge on any atom is -0.496 e. The normalized spacial score (nSPS) is 12.1. The summed E-state index contributed by atoms with van der Waals surface area (Å²) in [6, 6.07) is 17.1. The van der Waals surface area contributed by atoms with Crippen LogP contribution in [0.5, 0.6) is 5.75 Å². The number of aromatic nitrogens is 5. The molecular formula is C19H18N6O2S. The van der Waals surface area contributed by atoms with Crippen molar-refractivity contribution in [2.24, 2.45) is 0 Å². The number of nitrogens with two attached hydrogens (primary N) is 1. The van der Waals surface area contributed by atoms with Crippen molar-refractivity contribution in [1.29, 1.82) is 0 Å². The first kappa shape index (κ1) is 18.1. The molecule has 0 radical (unpaired) electrons. The predicted octanol–water partition coefficient (Wildman–Crippen LogP) is 3.57. The van der Waals surface area contributed by atoms with Gasteiger partial charge in [0, 0.05) is 5.56 Å². The summed E-state index contributed by atoms with van der Waals surface area (Å²) in [6.07, 6.45) is 0. The zero-order valence-electron chi connectivity index (χ0n) is 15.3. The van der Waals surface area contributed by atoms with Gasteiger partial charge in [0.25, 0.3) is 0 Å². The minimum absolute atomic E-state index is 0.151. The number of para-hydroxylation sites is 1. The maximum atomic E-state index is 6.23. The van der Waals surface area contributed by atoms with Crippen LogP contribution < -0.4 is 10.6 Å². The molecule has 2 aromatic heterocycles. The van der Waals surface area contributed by atoms with Crippen molar-refractivity contribution < 1.29 is 9.15 Å². The third-order valence-electron chi connectivity index (χ3n) is 4.10. The zero-order chi connectivity index (χ0) is 19.5. The van der Waals surface area contributed by atoms with Crippen molar-refractivity contribution in [2.75, 3.05) is 13.0 Å². The van der Waals surface area contributed by atoms with Crippen LogP contribution in [0.15, 0.2) is 64.2 Å². The highest BCUT2D eigenvalue weighted by molar-refractivity contribution is 7.99. The first-order chi connectivity index (χ1) is 13.7. The van der Waals surface area contributed by atoms with Crippen molar-refractivity contribution >= 4 is 11.8 Å². The van der Waals surface area contributed by atoms with E-state index in [9.17, 15) is 0 Å². The Kier molecular flexibility index (Phi) is 4.98. The molecule has 0 amide bonds. The van der Waals surface area contributed by atoms with Crippen molar-refractivity contribution in [2.45, 2.75) is 17.3 Å². The number of nitrogen functional groups attached to an aromatic ring is 1. The van der Waals surface area contributed by atoms with E-state index in [0.29, 0.717) is 28.5 Å². The topological polar surface area (TPSA) is 105 Å². The van der Waals surface area contributed by atoms with Crippen molar-refractivity contribution in [3.05, 3.63) is 60.5 Å². The van der Waals surface area contributed by atoms with E-state index in [0.717, 1.165) is 11.1 Å². The fourth-order valence-corrected chi connectivity index (χ4v) is 3.48. The van der Waals surface area contributed by atoms with Gasteiger partial charge in [0.1, 0.15) is 5.75 Å². The van der Waals surface area contributed by atoms with Gasteiger partial charge in [0.2, 0.25) is 16.9 Å². The highest BCUT2D eigenvalue weighted by Crippen LogP contribution is 2.36. The molecule has 9 heteroatoms. The second kappa shape index (κ2) is 7.73. The van der Waals surface area contributed by atoms with Crippen molar-refractivity contribution in [3.63, 3.8) is 0 Å². The van der Waals surface area contributed by atoms with E-state index in [1.165, 1.54) is 16.4 Å². The lowest BCUT2D eigenvalue weighted by Crippen LogP contribution is -2.12. The fraction of sp³-hybridized carbons (Fsp3) is 0.158. The highest BCUT2D eigenvalue weighted by Gasteiger charge is 2.21. The van der Waals surface area contributed by atoms with Crippen LogP contribution in [-0.4, -0.2) is 32.2 Å². The van der Waals surface area contributed by atoms with E-state index in [1.54, 1.807) is 7.11 Å². The number of methoxy groups -OCH3 is 1. The van der Waals surface area contributed by atoms with Gasteiger partial charge >= 0.3 is 0 Å². The first-order valence-corrected chi connectivity index (χ1v) is 9.44. The third kappa shape index (κ3) is 3.44. The van der Waals surface area contributed by atoms with E-state index in [2.05, 4.69) is 20.4 Å². The Labute approximate surface area is 165 Å². The van der Waals surface area contributed by atoms with Gasteiger partial charge in [-0.1, -0.05) is 42.1 Å². The quantitative estimate of drug-likeness (QED) is 0.391. The molecule has 0 saturated heterocycles. The Morgan fingerprint density at radius 3 is 2.54 bits per heavy atom. The van der Waals surface area contributed by atoms with E-state index in [1.807, 2.05) is 61.5 Å². The van der Waals surface area contributed by atoms with Crippen LogP contribution in [0.2, 0.25) is 0 Å². The predicted molar refractivity (Wildman–Crippen MR) is 106 cm³/mol. The van der Waals surface area contributed by atoms with Crippen LogP contribution in [-0.2, 0) is 0 Å². The van der Waals surface area contributed by atoms with Gasteiger partial charge in [-0.05, 0) is 31.2 Å². The molecule has 2 N–H and O–H groups in total. The Bertz CT molecular complexity index is 1080. The van der Waals surface area contributed by atoms with Crippen LogP contribution in [0.1, 0.15) is 18.1 Å². The van der Waals surface area contributed by atoms with Gasteiger partial charge in [0.15, 0.2) is 5.82 Å². The van der Waals surface area contributed by atoms with E-state index in [-0.39, 0.29) is 5.25 Å². The van der Waals surface area contributed by atoms with Crippen molar-refractivity contribution in [1.82, 2.24) is 25.1 Å². The number of thioether (sulfide) groups is 1. The van der Waals surface area contributed by atoms with Gasteiger partial charge in [-0.3, -0.25) is 0 Å². The summed E-state index contributed by atoms with van der Waals surface area (Å²) >= 11 is 1.39. The summed E-state index contributed by atoms with van der Waals surface area (Å²) in [5.74, 6) is 8.39. The van der Waals surface area contributed by atoms with Gasteiger partial charge < -0.3 is 15.0 Å². The zero-order valence-corrected chi connectivity index (χ0v) is 16.1. The molecule has 2 heterocycles. The molecule has 0 fully saturated rings. The summed E-state index contributed by atoms with van der Waals surface area (Å²) in [4.78, 5) is 0. The Balaban J connectivity index is 1.55. The molecule has 28 heavy (non-hydrogen) atoms. The molecule has 4 aromatic rings. The lowest BCUT2D eigenvalue weighted by Gasteiger charge is -2.09.